The maximum absolute atomic E-state index is 12.2. The molecule has 0 aromatic carbocycles. The fourth-order valence-corrected chi connectivity index (χ4v) is 4.07. The molecule has 23 heavy (non-hydrogen) atoms. The Balaban J connectivity index is 1.90. The number of hydrogen-bond donors (Lipinski definition) is 0. The van der Waals surface area contributed by atoms with Crippen LogP contribution in [0.5, 0.6) is 0 Å². The molecule has 1 aliphatic rings. The second-order valence-corrected chi connectivity index (χ2v) is 8.02. The number of rotatable bonds is 5. The Morgan fingerprint density at radius 1 is 1.30 bits per heavy atom. The highest BCUT2D eigenvalue weighted by molar-refractivity contribution is 7.99. The number of ether oxygens (including phenoxy) is 1. The summed E-state index contributed by atoms with van der Waals surface area (Å²) in [6.07, 6.45) is 3.44. The van der Waals surface area contributed by atoms with Gasteiger partial charge in [-0.15, -0.1) is 0 Å². The molecule has 0 N–H and O–H groups in total. The third-order valence-corrected chi connectivity index (χ3v) is 5.35. The average Bonchev–Trinajstić information content (AvgIpc) is 2.44. The number of carbonyl (C=O) groups is 1. The number of thioether (sulfide) groups is 1. The maximum Gasteiger partial charge on any atom is 0.316 e. The van der Waals surface area contributed by atoms with Crippen LogP contribution in [-0.4, -0.2) is 27.8 Å². The molecular formula is C18H28N2O2S. The van der Waals surface area contributed by atoms with E-state index in [2.05, 4.69) is 30.7 Å². The number of aromatic nitrogens is 2. The Hall–Kier alpha value is -1.10. The summed E-state index contributed by atoms with van der Waals surface area (Å²) in [5.41, 5.74) is 1.85. The molecular weight excluding hydrogens is 308 g/mol. The van der Waals surface area contributed by atoms with E-state index in [1.165, 1.54) is 18.2 Å². The molecule has 0 amide bonds. The molecule has 0 radical (unpaired) electrons. The molecule has 0 unspecified atom stereocenters. The fourth-order valence-electron chi connectivity index (χ4n) is 3.33. The minimum Gasteiger partial charge on any atom is -0.461 e. The van der Waals surface area contributed by atoms with E-state index in [1.807, 2.05) is 19.9 Å². The van der Waals surface area contributed by atoms with Gasteiger partial charge in [0.05, 0.1) is 5.75 Å². The van der Waals surface area contributed by atoms with Crippen molar-refractivity contribution in [2.45, 2.75) is 65.1 Å². The minimum atomic E-state index is -0.150. The van der Waals surface area contributed by atoms with Crippen molar-refractivity contribution in [1.29, 1.82) is 0 Å². The van der Waals surface area contributed by atoms with E-state index in [0.717, 1.165) is 24.2 Å². The standard InChI is InChI=1S/C18H28N2O2S/c1-11(2)15-7-6-12(3)8-16(15)22-17(21)10-23-18-19-13(4)9-14(5)20-18/h9,11-12,15-16H,6-8,10H2,1-5H3/t12-,15+,16+/m0/s1. The van der Waals surface area contributed by atoms with E-state index in [0.29, 0.717) is 22.9 Å². The van der Waals surface area contributed by atoms with Crippen LogP contribution < -0.4 is 0 Å². The molecule has 0 spiro atoms. The van der Waals surface area contributed by atoms with Gasteiger partial charge in [0.15, 0.2) is 5.16 Å². The molecule has 1 aliphatic carbocycles. The Labute approximate surface area is 143 Å². The molecule has 1 heterocycles. The molecule has 1 aromatic heterocycles. The van der Waals surface area contributed by atoms with Crippen LogP contribution in [0.25, 0.3) is 0 Å². The lowest BCUT2D eigenvalue weighted by atomic mass is 9.75. The van der Waals surface area contributed by atoms with Crippen molar-refractivity contribution in [3.8, 4) is 0 Å². The molecule has 1 saturated carbocycles. The summed E-state index contributed by atoms with van der Waals surface area (Å²) in [6.45, 7) is 10.6. The highest BCUT2D eigenvalue weighted by atomic mass is 32.2. The molecule has 0 bridgehead atoms. The average molecular weight is 337 g/mol. The first-order valence-electron chi connectivity index (χ1n) is 8.49. The number of hydrogen-bond acceptors (Lipinski definition) is 5. The lowest BCUT2D eigenvalue weighted by Gasteiger charge is -2.36. The van der Waals surface area contributed by atoms with Crippen molar-refractivity contribution in [2.24, 2.45) is 17.8 Å². The summed E-state index contributed by atoms with van der Waals surface area (Å²) in [5, 5.41) is 0.650. The van der Waals surface area contributed by atoms with Gasteiger partial charge < -0.3 is 4.74 Å². The van der Waals surface area contributed by atoms with E-state index in [9.17, 15) is 4.79 Å². The second kappa shape index (κ2) is 8.13. The van der Waals surface area contributed by atoms with Crippen molar-refractivity contribution in [3.63, 3.8) is 0 Å². The zero-order valence-corrected chi connectivity index (χ0v) is 15.7. The molecule has 0 saturated heterocycles. The van der Waals surface area contributed by atoms with Crippen LogP contribution in [0.4, 0.5) is 0 Å². The lowest BCUT2D eigenvalue weighted by Crippen LogP contribution is -2.36. The highest BCUT2D eigenvalue weighted by Crippen LogP contribution is 2.35. The van der Waals surface area contributed by atoms with Crippen molar-refractivity contribution >= 4 is 17.7 Å². The quantitative estimate of drug-likeness (QED) is 0.458. The van der Waals surface area contributed by atoms with Gasteiger partial charge in [-0.25, -0.2) is 9.97 Å². The Morgan fingerprint density at radius 2 is 1.96 bits per heavy atom. The molecule has 3 atom stereocenters. The SMILES string of the molecule is Cc1cc(C)nc(SCC(=O)O[C@@H]2C[C@@H](C)CC[C@@H]2C(C)C)n1. The van der Waals surface area contributed by atoms with Crippen molar-refractivity contribution in [3.05, 3.63) is 17.5 Å². The number of carbonyl (C=O) groups excluding carboxylic acids is 1. The Morgan fingerprint density at radius 3 is 2.57 bits per heavy atom. The Bertz CT molecular complexity index is 528. The topological polar surface area (TPSA) is 52.1 Å². The van der Waals surface area contributed by atoms with E-state index in [4.69, 9.17) is 4.74 Å². The van der Waals surface area contributed by atoms with E-state index in [-0.39, 0.29) is 17.8 Å². The first-order valence-corrected chi connectivity index (χ1v) is 9.48. The molecule has 1 fully saturated rings. The maximum atomic E-state index is 12.2. The highest BCUT2D eigenvalue weighted by Gasteiger charge is 2.33. The van der Waals surface area contributed by atoms with Crippen LogP contribution >= 0.6 is 11.8 Å². The molecule has 5 heteroatoms. The van der Waals surface area contributed by atoms with Gasteiger partial charge in [-0.05, 0) is 50.5 Å². The summed E-state index contributed by atoms with van der Waals surface area (Å²) < 4.78 is 5.80. The van der Waals surface area contributed by atoms with E-state index < -0.39 is 0 Å². The molecule has 128 valence electrons. The first kappa shape index (κ1) is 18.2. The van der Waals surface area contributed by atoms with Crippen molar-refractivity contribution in [1.82, 2.24) is 9.97 Å². The van der Waals surface area contributed by atoms with Crippen LogP contribution in [0.15, 0.2) is 11.2 Å². The number of esters is 1. The van der Waals surface area contributed by atoms with Crippen molar-refractivity contribution < 1.29 is 9.53 Å². The van der Waals surface area contributed by atoms with Gasteiger partial charge in [-0.3, -0.25) is 4.79 Å². The van der Waals surface area contributed by atoms with Gasteiger partial charge >= 0.3 is 5.97 Å². The number of nitrogens with zero attached hydrogens (tertiary/aromatic N) is 2. The summed E-state index contributed by atoms with van der Waals surface area (Å²) in [4.78, 5) is 20.9. The Kier molecular flexibility index (Phi) is 6.45. The van der Waals surface area contributed by atoms with Gasteiger partial charge in [-0.1, -0.05) is 39.0 Å². The summed E-state index contributed by atoms with van der Waals surface area (Å²) in [6, 6.07) is 1.93. The van der Waals surface area contributed by atoms with Gasteiger partial charge in [0.1, 0.15) is 6.10 Å². The van der Waals surface area contributed by atoms with Crippen LogP contribution in [0.3, 0.4) is 0 Å². The molecule has 0 aliphatic heterocycles. The summed E-state index contributed by atoms with van der Waals surface area (Å²) >= 11 is 1.36. The third kappa shape index (κ3) is 5.48. The normalized spacial score (nSPS) is 24.7. The zero-order valence-electron chi connectivity index (χ0n) is 14.8. The first-order chi connectivity index (χ1) is 10.8. The molecule has 1 aromatic rings. The van der Waals surface area contributed by atoms with E-state index in [1.54, 1.807) is 0 Å². The monoisotopic (exact) mass is 336 g/mol. The molecule has 2 rings (SSSR count). The van der Waals surface area contributed by atoms with Gasteiger partial charge in [0.2, 0.25) is 0 Å². The van der Waals surface area contributed by atoms with Crippen LogP contribution in [-0.2, 0) is 9.53 Å². The van der Waals surface area contributed by atoms with Crippen LogP contribution in [0.2, 0.25) is 0 Å². The summed E-state index contributed by atoms with van der Waals surface area (Å²) in [5.74, 6) is 1.80. The van der Waals surface area contributed by atoms with Crippen LogP contribution in [0, 0.1) is 31.6 Å². The lowest BCUT2D eigenvalue weighted by molar-refractivity contribution is -0.152. The number of aryl methyl sites for hydroxylation is 2. The fraction of sp³-hybridized carbons (Fsp3) is 0.722. The predicted molar refractivity (Wildman–Crippen MR) is 93.5 cm³/mol. The van der Waals surface area contributed by atoms with Gasteiger partial charge in [0, 0.05) is 11.4 Å². The largest absolute Gasteiger partial charge is 0.461 e. The third-order valence-electron chi connectivity index (χ3n) is 4.53. The zero-order chi connectivity index (χ0) is 17.0. The predicted octanol–water partition coefficient (Wildman–Crippen LogP) is 4.19. The van der Waals surface area contributed by atoms with Gasteiger partial charge in [0.25, 0.3) is 0 Å². The van der Waals surface area contributed by atoms with Crippen molar-refractivity contribution in [2.75, 3.05) is 5.75 Å². The van der Waals surface area contributed by atoms with E-state index >= 15 is 0 Å². The second-order valence-electron chi connectivity index (χ2n) is 7.08. The molecule has 4 nitrogen and oxygen atoms in total. The minimum absolute atomic E-state index is 0.0620. The van der Waals surface area contributed by atoms with Crippen LogP contribution in [0.1, 0.15) is 51.4 Å². The van der Waals surface area contributed by atoms with Gasteiger partial charge in [-0.2, -0.15) is 0 Å². The summed E-state index contributed by atoms with van der Waals surface area (Å²) in [7, 11) is 0. The smallest absolute Gasteiger partial charge is 0.316 e.